The van der Waals surface area contributed by atoms with E-state index in [9.17, 15) is 9.59 Å². The summed E-state index contributed by atoms with van der Waals surface area (Å²) in [5.74, 6) is 1.11. The summed E-state index contributed by atoms with van der Waals surface area (Å²) in [5, 5.41) is 5.58. The van der Waals surface area contributed by atoms with Gasteiger partial charge in [-0.05, 0) is 61.5 Å². The van der Waals surface area contributed by atoms with E-state index in [1.165, 1.54) is 12.5 Å². The van der Waals surface area contributed by atoms with E-state index in [2.05, 4.69) is 41.8 Å². The van der Waals surface area contributed by atoms with Crippen LogP contribution in [-0.2, 0) is 10.5 Å². The molecule has 0 aromatic heterocycles. The Hall–Kier alpha value is -3.25. The van der Waals surface area contributed by atoms with E-state index in [1.54, 1.807) is 49.2 Å². The molecule has 0 fully saturated rings. The molecule has 0 aliphatic rings. The SMILES string of the molecule is COc1ccc(C(=O)Nc2ccc(NC(C)=O)cc2)cc1CSc1ccc(C)cc1. The fraction of sp³-hybridized carbons (Fsp3) is 0.167. The minimum Gasteiger partial charge on any atom is -0.496 e. The number of ether oxygens (including phenoxy) is 1. The molecule has 6 heteroatoms. The summed E-state index contributed by atoms with van der Waals surface area (Å²) in [6.07, 6.45) is 0. The number of carbonyl (C=O) groups excluding carboxylic acids is 2. The van der Waals surface area contributed by atoms with Crippen LogP contribution in [0.2, 0.25) is 0 Å². The lowest BCUT2D eigenvalue weighted by Gasteiger charge is -2.12. The molecule has 2 amide bonds. The first kappa shape index (κ1) is 21.5. The van der Waals surface area contributed by atoms with Crippen LogP contribution in [0.15, 0.2) is 71.6 Å². The second-order valence-corrected chi connectivity index (χ2v) is 7.89. The molecule has 3 aromatic carbocycles. The van der Waals surface area contributed by atoms with E-state index in [1.807, 2.05) is 12.1 Å². The van der Waals surface area contributed by atoms with Crippen LogP contribution in [0.1, 0.15) is 28.4 Å². The highest BCUT2D eigenvalue weighted by Gasteiger charge is 2.11. The molecule has 0 atom stereocenters. The van der Waals surface area contributed by atoms with Crippen LogP contribution in [0, 0.1) is 6.92 Å². The highest BCUT2D eigenvalue weighted by atomic mass is 32.2. The van der Waals surface area contributed by atoms with Crippen LogP contribution in [0.5, 0.6) is 5.75 Å². The van der Waals surface area contributed by atoms with Crippen molar-refractivity contribution in [2.75, 3.05) is 17.7 Å². The first-order valence-corrected chi connectivity index (χ1v) is 10.5. The molecule has 2 N–H and O–H groups in total. The maximum atomic E-state index is 12.7. The minimum atomic E-state index is -0.202. The fourth-order valence-electron chi connectivity index (χ4n) is 2.87. The van der Waals surface area contributed by atoms with Crippen molar-refractivity contribution in [3.8, 4) is 5.75 Å². The van der Waals surface area contributed by atoms with E-state index < -0.39 is 0 Å². The van der Waals surface area contributed by atoms with Gasteiger partial charge in [-0.25, -0.2) is 0 Å². The normalized spacial score (nSPS) is 10.4. The van der Waals surface area contributed by atoms with Gasteiger partial charge in [0.1, 0.15) is 5.75 Å². The molecule has 30 heavy (non-hydrogen) atoms. The number of rotatable bonds is 7. The number of thioether (sulfide) groups is 1. The number of hydrogen-bond acceptors (Lipinski definition) is 4. The van der Waals surface area contributed by atoms with Crippen LogP contribution >= 0.6 is 11.8 Å². The molecule has 0 heterocycles. The van der Waals surface area contributed by atoms with Crippen LogP contribution in [-0.4, -0.2) is 18.9 Å². The van der Waals surface area contributed by atoms with Gasteiger partial charge in [0.05, 0.1) is 7.11 Å². The second kappa shape index (κ2) is 9.98. The van der Waals surface area contributed by atoms with Crippen molar-refractivity contribution in [3.63, 3.8) is 0 Å². The lowest BCUT2D eigenvalue weighted by Crippen LogP contribution is -2.12. The summed E-state index contributed by atoms with van der Waals surface area (Å²) in [7, 11) is 1.63. The van der Waals surface area contributed by atoms with Gasteiger partial charge >= 0.3 is 0 Å². The lowest BCUT2D eigenvalue weighted by atomic mass is 10.1. The maximum Gasteiger partial charge on any atom is 0.255 e. The zero-order chi connectivity index (χ0) is 21.5. The molecule has 0 aliphatic heterocycles. The average Bonchev–Trinajstić information content (AvgIpc) is 2.74. The van der Waals surface area contributed by atoms with Crippen molar-refractivity contribution in [3.05, 3.63) is 83.4 Å². The Kier molecular flexibility index (Phi) is 7.14. The van der Waals surface area contributed by atoms with E-state index in [4.69, 9.17) is 4.74 Å². The molecule has 0 spiro atoms. The summed E-state index contributed by atoms with van der Waals surface area (Å²) in [5.41, 5.74) is 4.07. The molecule has 0 radical (unpaired) electrons. The minimum absolute atomic E-state index is 0.138. The third-order valence-electron chi connectivity index (χ3n) is 4.42. The Morgan fingerprint density at radius 3 is 2.13 bits per heavy atom. The highest BCUT2D eigenvalue weighted by Crippen LogP contribution is 2.29. The van der Waals surface area contributed by atoms with Gasteiger partial charge in [0.15, 0.2) is 0 Å². The Morgan fingerprint density at radius 1 is 0.900 bits per heavy atom. The van der Waals surface area contributed by atoms with Crippen molar-refractivity contribution < 1.29 is 14.3 Å². The Labute approximate surface area is 180 Å². The molecule has 0 unspecified atom stereocenters. The van der Waals surface area contributed by atoms with Gasteiger partial charge in [-0.3, -0.25) is 9.59 Å². The van der Waals surface area contributed by atoms with Gasteiger partial charge in [-0.2, -0.15) is 0 Å². The average molecular weight is 421 g/mol. The standard InChI is InChI=1S/C24H24N2O3S/c1-16-4-11-22(12-5-16)30-15-19-14-18(6-13-23(19)29-3)24(28)26-21-9-7-20(8-10-21)25-17(2)27/h4-14H,15H2,1-3H3,(H,25,27)(H,26,28). The number of methoxy groups -OCH3 is 1. The summed E-state index contributed by atoms with van der Waals surface area (Å²) in [6.45, 7) is 3.51. The number of carbonyl (C=O) groups is 2. The Balaban J connectivity index is 1.70. The van der Waals surface area contributed by atoms with Crippen molar-refractivity contribution in [1.82, 2.24) is 0 Å². The molecule has 0 saturated carbocycles. The number of anilines is 2. The topological polar surface area (TPSA) is 67.4 Å². The van der Waals surface area contributed by atoms with Crippen LogP contribution in [0.4, 0.5) is 11.4 Å². The Morgan fingerprint density at radius 2 is 1.53 bits per heavy atom. The Bertz CT molecular complexity index is 1030. The quantitative estimate of drug-likeness (QED) is 0.495. The first-order valence-electron chi connectivity index (χ1n) is 9.50. The number of aryl methyl sites for hydroxylation is 1. The van der Waals surface area contributed by atoms with Gasteiger partial charge < -0.3 is 15.4 Å². The molecule has 0 aliphatic carbocycles. The number of amides is 2. The number of nitrogens with one attached hydrogen (secondary N) is 2. The highest BCUT2D eigenvalue weighted by molar-refractivity contribution is 7.98. The molecule has 3 aromatic rings. The van der Waals surface area contributed by atoms with Gasteiger partial charge in [0.25, 0.3) is 5.91 Å². The van der Waals surface area contributed by atoms with Gasteiger partial charge in [0.2, 0.25) is 5.91 Å². The van der Waals surface area contributed by atoms with E-state index in [-0.39, 0.29) is 11.8 Å². The fourth-order valence-corrected chi connectivity index (χ4v) is 3.75. The van der Waals surface area contributed by atoms with Crippen molar-refractivity contribution in [2.24, 2.45) is 0 Å². The van der Waals surface area contributed by atoms with Crippen molar-refractivity contribution in [2.45, 2.75) is 24.5 Å². The number of benzene rings is 3. The summed E-state index contributed by atoms with van der Waals surface area (Å²) >= 11 is 1.70. The zero-order valence-corrected chi connectivity index (χ0v) is 18.0. The molecular weight excluding hydrogens is 396 g/mol. The van der Waals surface area contributed by atoms with Crippen LogP contribution < -0.4 is 15.4 Å². The van der Waals surface area contributed by atoms with Crippen LogP contribution in [0.25, 0.3) is 0 Å². The van der Waals surface area contributed by atoms with E-state index >= 15 is 0 Å². The van der Waals surface area contributed by atoms with E-state index in [0.29, 0.717) is 22.7 Å². The second-order valence-electron chi connectivity index (χ2n) is 6.84. The molecule has 0 bridgehead atoms. The predicted octanol–water partition coefficient (Wildman–Crippen LogP) is 5.51. The largest absolute Gasteiger partial charge is 0.496 e. The predicted molar refractivity (Wildman–Crippen MR) is 122 cm³/mol. The van der Waals surface area contributed by atoms with Gasteiger partial charge in [-0.15, -0.1) is 11.8 Å². The monoisotopic (exact) mass is 420 g/mol. The molecule has 0 saturated heterocycles. The molecule has 154 valence electrons. The molecular formula is C24H24N2O3S. The summed E-state index contributed by atoms with van der Waals surface area (Å²) in [6, 6.07) is 20.8. The van der Waals surface area contributed by atoms with Crippen molar-refractivity contribution >= 4 is 35.0 Å². The molecule has 3 rings (SSSR count). The third-order valence-corrected chi connectivity index (χ3v) is 5.48. The lowest BCUT2D eigenvalue weighted by molar-refractivity contribution is -0.114. The molecule has 5 nitrogen and oxygen atoms in total. The maximum absolute atomic E-state index is 12.7. The van der Waals surface area contributed by atoms with Crippen molar-refractivity contribution in [1.29, 1.82) is 0 Å². The van der Waals surface area contributed by atoms with Crippen LogP contribution in [0.3, 0.4) is 0 Å². The first-order chi connectivity index (χ1) is 14.4. The zero-order valence-electron chi connectivity index (χ0n) is 17.2. The summed E-state index contributed by atoms with van der Waals surface area (Å²) < 4.78 is 5.47. The summed E-state index contributed by atoms with van der Waals surface area (Å²) in [4.78, 5) is 25.0. The smallest absolute Gasteiger partial charge is 0.255 e. The van der Waals surface area contributed by atoms with Gasteiger partial charge in [-0.1, -0.05) is 17.7 Å². The third kappa shape index (κ3) is 5.87. The van der Waals surface area contributed by atoms with Gasteiger partial charge in [0, 0.05) is 40.1 Å². The van der Waals surface area contributed by atoms with E-state index in [0.717, 1.165) is 16.2 Å². The number of hydrogen-bond donors (Lipinski definition) is 2.